The zero-order valence-electron chi connectivity index (χ0n) is 12.5. The third-order valence-corrected chi connectivity index (χ3v) is 3.19. The summed E-state index contributed by atoms with van der Waals surface area (Å²) < 4.78 is 5.89. The fraction of sp³-hybridized carbons (Fsp3) is 0.375. The molecular formula is C16H21N3O. The lowest BCUT2D eigenvalue weighted by molar-refractivity contribution is 0.453. The van der Waals surface area contributed by atoms with E-state index in [1.54, 1.807) is 0 Å². The Bertz CT molecular complexity index is 609. The van der Waals surface area contributed by atoms with E-state index in [0.717, 1.165) is 17.7 Å². The number of aryl methyl sites for hydroxylation is 1. The molecule has 106 valence electrons. The van der Waals surface area contributed by atoms with E-state index < -0.39 is 0 Å². The monoisotopic (exact) mass is 271 g/mol. The molecule has 2 rings (SSSR count). The first-order chi connectivity index (χ1) is 9.51. The lowest BCUT2D eigenvalue weighted by Crippen LogP contribution is -2.06. The Morgan fingerprint density at radius 3 is 2.65 bits per heavy atom. The maximum absolute atomic E-state index is 5.94. The Kier molecular flexibility index (Phi) is 4.23. The average Bonchev–Trinajstić information content (AvgIpc) is 2.43. The number of hydrogen-bond donors (Lipinski definition) is 1. The van der Waals surface area contributed by atoms with Crippen molar-refractivity contribution >= 4 is 5.82 Å². The molecule has 0 amide bonds. The van der Waals surface area contributed by atoms with E-state index in [4.69, 9.17) is 10.5 Å². The van der Waals surface area contributed by atoms with Gasteiger partial charge in [0.05, 0.1) is 5.56 Å². The molecule has 1 heterocycles. The van der Waals surface area contributed by atoms with Gasteiger partial charge in [-0.25, -0.2) is 4.98 Å². The molecule has 0 aliphatic carbocycles. The van der Waals surface area contributed by atoms with Crippen LogP contribution >= 0.6 is 0 Å². The summed E-state index contributed by atoms with van der Waals surface area (Å²) in [5.41, 5.74) is 7.94. The largest absolute Gasteiger partial charge is 0.439 e. The molecule has 4 nitrogen and oxygen atoms in total. The number of anilines is 1. The van der Waals surface area contributed by atoms with E-state index in [0.29, 0.717) is 17.5 Å². The molecule has 2 N–H and O–H groups in total. The molecule has 0 spiro atoms. The van der Waals surface area contributed by atoms with Gasteiger partial charge in [0.25, 0.3) is 0 Å². The molecule has 1 aromatic heterocycles. The number of hydrogen-bond acceptors (Lipinski definition) is 4. The van der Waals surface area contributed by atoms with Crippen molar-refractivity contribution in [2.45, 2.75) is 40.0 Å². The minimum Gasteiger partial charge on any atom is -0.439 e. The second-order valence-electron chi connectivity index (χ2n) is 5.15. The Morgan fingerprint density at radius 2 is 2.00 bits per heavy atom. The maximum Gasteiger partial charge on any atom is 0.227 e. The fourth-order valence-electron chi connectivity index (χ4n) is 1.83. The van der Waals surface area contributed by atoms with Crippen molar-refractivity contribution in [3.05, 3.63) is 41.2 Å². The molecule has 1 aromatic carbocycles. The van der Waals surface area contributed by atoms with Gasteiger partial charge in [0.2, 0.25) is 5.88 Å². The van der Waals surface area contributed by atoms with E-state index in [-0.39, 0.29) is 5.92 Å². The van der Waals surface area contributed by atoms with Gasteiger partial charge in [-0.05, 0) is 31.0 Å². The van der Waals surface area contributed by atoms with Crippen molar-refractivity contribution in [3.8, 4) is 11.6 Å². The third kappa shape index (κ3) is 3.07. The van der Waals surface area contributed by atoms with Crippen molar-refractivity contribution in [3.63, 3.8) is 0 Å². The number of aromatic nitrogens is 2. The van der Waals surface area contributed by atoms with Crippen molar-refractivity contribution in [2.24, 2.45) is 0 Å². The van der Waals surface area contributed by atoms with Gasteiger partial charge in [0.1, 0.15) is 17.4 Å². The minimum atomic E-state index is 0.210. The summed E-state index contributed by atoms with van der Waals surface area (Å²) >= 11 is 0. The van der Waals surface area contributed by atoms with Crippen LogP contribution in [-0.2, 0) is 6.42 Å². The van der Waals surface area contributed by atoms with Gasteiger partial charge >= 0.3 is 0 Å². The normalized spacial score (nSPS) is 10.8. The molecule has 0 aliphatic rings. The zero-order valence-corrected chi connectivity index (χ0v) is 12.5. The van der Waals surface area contributed by atoms with Crippen LogP contribution in [0.3, 0.4) is 0 Å². The predicted octanol–water partition coefficient (Wildman–Crippen LogP) is 3.85. The van der Waals surface area contributed by atoms with Gasteiger partial charge in [-0.3, -0.25) is 0 Å². The molecule has 0 radical (unpaired) electrons. The van der Waals surface area contributed by atoms with Crippen LogP contribution in [0.4, 0.5) is 5.82 Å². The summed E-state index contributed by atoms with van der Waals surface area (Å²) in [7, 11) is 0. The fourth-order valence-corrected chi connectivity index (χ4v) is 1.83. The number of nitrogen functional groups attached to an aromatic ring is 1. The molecule has 20 heavy (non-hydrogen) atoms. The van der Waals surface area contributed by atoms with Crippen LogP contribution in [0.25, 0.3) is 0 Å². The van der Waals surface area contributed by atoms with Crippen LogP contribution in [-0.4, -0.2) is 9.97 Å². The Balaban J connectivity index is 2.37. The maximum atomic E-state index is 5.94. The van der Waals surface area contributed by atoms with Gasteiger partial charge in [-0.2, -0.15) is 4.98 Å². The highest BCUT2D eigenvalue weighted by atomic mass is 16.5. The molecule has 4 heteroatoms. The molecule has 0 unspecified atom stereocenters. The average molecular weight is 271 g/mol. The van der Waals surface area contributed by atoms with E-state index in [1.165, 1.54) is 5.56 Å². The van der Waals surface area contributed by atoms with E-state index in [1.807, 2.05) is 39.0 Å². The Hall–Kier alpha value is -2.10. The van der Waals surface area contributed by atoms with E-state index >= 15 is 0 Å². The van der Waals surface area contributed by atoms with E-state index in [9.17, 15) is 0 Å². The SMILES string of the molecule is CCc1cccc(Oc2nc(C(C)C)nc(N)c2C)c1. The van der Waals surface area contributed by atoms with Gasteiger partial charge in [0.15, 0.2) is 0 Å². The minimum absolute atomic E-state index is 0.210. The lowest BCUT2D eigenvalue weighted by Gasteiger charge is -2.13. The van der Waals surface area contributed by atoms with Gasteiger partial charge < -0.3 is 10.5 Å². The summed E-state index contributed by atoms with van der Waals surface area (Å²) in [5, 5.41) is 0. The van der Waals surface area contributed by atoms with Crippen LogP contribution in [0.2, 0.25) is 0 Å². The number of nitrogens with zero attached hydrogens (tertiary/aromatic N) is 2. The van der Waals surface area contributed by atoms with Crippen LogP contribution in [0.5, 0.6) is 11.6 Å². The number of ether oxygens (including phenoxy) is 1. The highest BCUT2D eigenvalue weighted by Crippen LogP contribution is 2.28. The summed E-state index contributed by atoms with van der Waals surface area (Å²) in [4.78, 5) is 8.76. The first kappa shape index (κ1) is 14.3. The second kappa shape index (κ2) is 5.90. The second-order valence-corrected chi connectivity index (χ2v) is 5.15. The molecule has 0 bridgehead atoms. The van der Waals surface area contributed by atoms with Crippen LogP contribution in [0.15, 0.2) is 24.3 Å². The molecule has 0 saturated carbocycles. The van der Waals surface area contributed by atoms with E-state index in [2.05, 4.69) is 23.0 Å². The van der Waals surface area contributed by atoms with Crippen LogP contribution in [0, 0.1) is 6.92 Å². The first-order valence-electron chi connectivity index (χ1n) is 6.92. The standard InChI is InChI=1S/C16H21N3O/c1-5-12-7-6-8-13(9-12)20-16-11(4)14(17)18-15(19-16)10(2)3/h6-10H,5H2,1-4H3,(H2,17,18,19). The topological polar surface area (TPSA) is 61.0 Å². The van der Waals surface area contributed by atoms with Crippen molar-refractivity contribution in [1.82, 2.24) is 9.97 Å². The summed E-state index contributed by atoms with van der Waals surface area (Å²) in [6.07, 6.45) is 0.972. The molecular weight excluding hydrogens is 250 g/mol. The summed E-state index contributed by atoms with van der Waals surface area (Å²) in [5.74, 6) is 2.71. The number of rotatable bonds is 4. The third-order valence-electron chi connectivity index (χ3n) is 3.19. The highest BCUT2D eigenvalue weighted by Gasteiger charge is 2.13. The Morgan fingerprint density at radius 1 is 1.25 bits per heavy atom. The number of nitrogens with two attached hydrogens (primary N) is 1. The van der Waals surface area contributed by atoms with Gasteiger partial charge in [-0.1, -0.05) is 32.9 Å². The van der Waals surface area contributed by atoms with Crippen LogP contribution < -0.4 is 10.5 Å². The van der Waals surface area contributed by atoms with Gasteiger partial charge in [0, 0.05) is 5.92 Å². The smallest absolute Gasteiger partial charge is 0.227 e. The molecule has 2 aromatic rings. The van der Waals surface area contributed by atoms with Crippen molar-refractivity contribution in [1.29, 1.82) is 0 Å². The lowest BCUT2D eigenvalue weighted by atomic mass is 10.2. The summed E-state index contributed by atoms with van der Waals surface area (Å²) in [6, 6.07) is 8.00. The zero-order chi connectivity index (χ0) is 14.7. The molecule has 0 saturated heterocycles. The summed E-state index contributed by atoms with van der Waals surface area (Å²) in [6.45, 7) is 8.06. The Labute approximate surface area is 120 Å². The highest BCUT2D eigenvalue weighted by molar-refractivity contribution is 5.46. The van der Waals surface area contributed by atoms with Gasteiger partial charge in [-0.15, -0.1) is 0 Å². The van der Waals surface area contributed by atoms with Crippen molar-refractivity contribution in [2.75, 3.05) is 5.73 Å². The van der Waals surface area contributed by atoms with Crippen LogP contribution in [0.1, 0.15) is 43.6 Å². The predicted molar refractivity (Wildman–Crippen MR) is 81.2 cm³/mol. The molecule has 0 fully saturated rings. The molecule has 0 atom stereocenters. The molecule has 0 aliphatic heterocycles. The number of benzene rings is 1. The first-order valence-corrected chi connectivity index (χ1v) is 6.92. The quantitative estimate of drug-likeness (QED) is 0.917. The van der Waals surface area contributed by atoms with Crippen molar-refractivity contribution < 1.29 is 4.74 Å².